The van der Waals surface area contributed by atoms with Crippen LogP contribution in [0.4, 0.5) is 10.5 Å². The summed E-state index contributed by atoms with van der Waals surface area (Å²) in [6.45, 7) is 11.2. The molecule has 7 aliphatic carbocycles. The van der Waals surface area contributed by atoms with Gasteiger partial charge in [-0.05, 0) is 123 Å². The number of likely N-dealkylation sites (N-methyl/N-ethyl adjacent to an activating group) is 1. The van der Waals surface area contributed by atoms with Crippen molar-refractivity contribution in [2.45, 2.75) is 135 Å². The standard InChI is InChI=1S/C49H67N3O10/c1-22(2)9-8-10-23(3)27-13-14-30-29(27)15-17-32-31(30)12-11-25-21-26(19-20-48(25,32)5)62-47(60)51-33-18-16-28-24(4)34-36(41(54)35(28)40(33)53)44(57)49(61)38(42(34)55)39(52(6)7)43(56)37(45(49)58)46(50)59/h11,16,18,22-24,26-27,29-32,34,38-39,42,53,55-57,61H,8-10,12-15,17,19-21H2,1-7H3,(H2,50,59)(H,51,60). The van der Waals surface area contributed by atoms with Crippen molar-refractivity contribution in [2.24, 2.45) is 64.4 Å². The number of nitrogens with zero attached hydrogens (tertiary/aromatic N) is 1. The minimum Gasteiger partial charge on any atom is -0.510 e. The van der Waals surface area contributed by atoms with Crippen LogP contribution in [0.15, 0.2) is 46.4 Å². The number of phenols is 1. The number of benzene rings is 1. The minimum absolute atomic E-state index is 0.0741. The van der Waals surface area contributed by atoms with Gasteiger partial charge in [0.25, 0.3) is 5.91 Å². The first-order chi connectivity index (χ1) is 29.2. The van der Waals surface area contributed by atoms with E-state index in [1.807, 2.05) is 0 Å². The second-order valence-electron chi connectivity index (χ2n) is 21.0. The molecule has 8 N–H and O–H groups in total. The predicted molar refractivity (Wildman–Crippen MR) is 232 cm³/mol. The maximum atomic E-state index is 14.4. The molecular weight excluding hydrogens is 791 g/mol. The summed E-state index contributed by atoms with van der Waals surface area (Å²) in [5, 5.41) is 60.9. The molecule has 14 atom stereocenters. The van der Waals surface area contributed by atoms with Crippen LogP contribution in [0.1, 0.15) is 127 Å². The van der Waals surface area contributed by atoms with E-state index in [9.17, 15) is 44.7 Å². The predicted octanol–water partition coefficient (Wildman–Crippen LogP) is 7.22. The van der Waals surface area contributed by atoms with E-state index in [0.29, 0.717) is 30.2 Å². The van der Waals surface area contributed by atoms with Gasteiger partial charge in [0, 0.05) is 17.9 Å². The van der Waals surface area contributed by atoms with Crippen LogP contribution >= 0.6 is 0 Å². The van der Waals surface area contributed by atoms with Crippen molar-refractivity contribution in [3.05, 3.63) is 57.6 Å². The number of hydrogen-bond acceptors (Lipinski definition) is 11. The molecule has 0 bridgehead atoms. The Balaban J connectivity index is 0.974. The van der Waals surface area contributed by atoms with Crippen molar-refractivity contribution in [1.82, 2.24) is 4.90 Å². The lowest BCUT2D eigenvalue weighted by Gasteiger charge is -2.55. The zero-order chi connectivity index (χ0) is 44.9. The highest BCUT2D eigenvalue weighted by Crippen LogP contribution is 2.63. The molecule has 3 fully saturated rings. The Morgan fingerprint density at radius 1 is 1.00 bits per heavy atom. The van der Waals surface area contributed by atoms with Crippen LogP contribution in [0, 0.1) is 58.7 Å². The molecule has 0 aliphatic heterocycles. The molecule has 62 heavy (non-hydrogen) atoms. The number of aliphatic hydroxyl groups excluding tert-OH is 3. The lowest BCUT2D eigenvalue weighted by Crippen LogP contribution is -2.68. The molecule has 2 amide bonds. The summed E-state index contributed by atoms with van der Waals surface area (Å²) in [5.41, 5.74) is 2.27. The second-order valence-corrected chi connectivity index (χ2v) is 21.0. The largest absolute Gasteiger partial charge is 0.510 e. The third kappa shape index (κ3) is 6.73. The average molecular weight is 858 g/mol. The van der Waals surface area contributed by atoms with E-state index in [1.165, 1.54) is 81.6 Å². The van der Waals surface area contributed by atoms with Gasteiger partial charge in [0.1, 0.15) is 23.2 Å². The summed E-state index contributed by atoms with van der Waals surface area (Å²) in [6, 6.07) is 1.63. The Hall–Kier alpha value is -4.20. The molecule has 1 aromatic rings. The lowest BCUT2D eigenvalue weighted by atomic mass is 9.50. The number of amides is 2. The summed E-state index contributed by atoms with van der Waals surface area (Å²) in [6.07, 6.45) is 12.2. The number of primary amides is 1. The van der Waals surface area contributed by atoms with E-state index in [2.05, 4.69) is 39.1 Å². The van der Waals surface area contributed by atoms with E-state index in [-0.39, 0.29) is 22.8 Å². The maximum Gasteiger partial charge on any atom is 0.412 e. The minimum atomic E-state index is -3.02. The number of fused-ring (bicyclic) bond motifs is 8. The van der Waals surface area contributed by atoms with Crippen molar-refractivity contribution in [2.75, 3.05) is 19.4 Å². The van der Waals surface area contributed by atoms with E-state index in [0.717, 1.165) is 42.4 Å². The molecule has 14 unspecified atom stereocenters. The lowest BCUT2D eigenvalue weighted by molar-refractivity contribution is -0.162. The van der Waals surface area contributed by atoms with Crippen LogP contribution in [-0.2, 0) is 14.3 Å². The summed E-state index contributed by atoms with van der Waals surface area (Å²) < 4.78 is 5.99. The number of carbonyl (C=O) groups is 4. The van der Waals surface area contributed by atoms with Crippen LogP contribution < -0.4 is 11.1 Å². The number of nitrogens with two attached hydrogens (primary N) is 1. The van der Waals surface area contributed by atoms with Gasteiger partial charge in [-0.15, -0.1) is 0 Å². The number of anilines is 1. The smallest absolute Gasteiger partial charge is 0.412 e. The Morgan fingerprint density at radius 3 is 2.39 bits per heavy atom. The Morgan fingerprint density at radius 2 is 1.71 bits per heavy atom. The molecular formula is C49H67N3O10. The van der Waals surface area contributed by atoms with Crippen molar-refractivity contribution in [3.8, 4) is 5.75 Å². The highest BCUT2D eigenvalue weighted by molar-refractivity contribution is 6.25. The summed E-state index contributed by atoms with van der Waals surface area (Å²) in [7, 11) is 2.97. The van der Waals surface area contributed by atoms with Crippen LogP contribution in [-0.4, -0.2) is 91.9 Å². The van der Waals surface area contributed by atoms with E-state index < -0.39 is 87.5 Å². The molecule has 0 spiro atoms. The number of Topliss-reactive ketones (excluding diaryl/α,β-unsaturated/α-hetero) is 2. The van der Waals surface area contributed by atoms with Gasteiger partial charge in [-0.3, -0.25) is 24.6 Å². The molecule has 13 nitrogen and oxygen atoms in total. The summed E-state index contributed by atoms with van der Waals surface area (Å²) in [5.74, 6) is -4.50. The molecule has 0 radical (unpaired) electrons. The zero-order valence-electron chi connectivity index (χ0n) is 37.3. The Kier molecular flexibility index (Phi) is 11.5. The number of ketones is 2. The van der Waals surface area contributed by atoms with E-state index in [4.69, 9.17) is 10.5 Å². The van der Waals surface area contributed by atoms with Gasteiger partial charge in [-0.2, -0.15) is 0 Å². The van der Waals surface area contributed by atoms with Crippen molar-refractivity contribution in [1.29, 1.82) is 0 Å². The second kappa shape index (κ2) is 16.1. The molecule has 1 aromatic carbocycles. The monoisotopic (exact) mass is 857 g/mol. The number of aromatic hydroxyl groups is 1. The molecule has 8 rings (SSSR count). The SMILES string of the molecule is CC(C)CCCC(C)C1CCC2C1CCC1C2CC=C2CC(OC(=O)Nc3ccc4c(c3O)C(=O)C3=C(O)C5(O)C(=O)C(C(N)=O)=C(O)C(N(C)C)C5C(O)C3C4C)CCC21C. The molecule has 0 saturated heterocycles. The third-order valence-corrected chi connectivity index (χ3v) is 17.2. The van der Waals surface area contributed by atoms with Gasteiger partial charge in [-0.25, -0.2) is 4.79 Å². The van der Waals surface area contributed by atoms with Crippen LogP contribution in [0.25, 0.3) is 0 Å². The van der Waals surface area contributed by atoms with Crippen LogP contribution in [0.2, 0.25) is 0 Å². The average Bonchev–Trinajstić information content (AvgIpc) is 3.65. The van der Waals surface area contributed by atoms with Gasteiger partial charge in [-0.1, -0.05) is 71.6 Å². The normalized spacial score (nSPS) is 38.0. The summed E-state index contributed by atoms with van der Waals surface area (Å²) >= 11 is 0. The first-order valence-corrected chi connectivity index (χ1v) is 23.1. The van der Waals surface area contributed by atoms with Gasteiger partial charge >= 0.3 is 6.09 Å². The molecule has 0 aromatic heterocycles. The Labute approximate surface area is 364 Å². The van der Waals surface area contributed by atoms with Gasteiger partial charge in [0.15, 0.2) is 17.1 Å². The fraction of sp³-hybridized carbons (Fsp3) is 0.673. The van der Waals surface area contributed by atoms with E-state index in [1.54, 1.807) is 6.92 Å². The fourth-order valence-electron chi connectivity index (χ4n) is 14.2. The third-order valence-electron chi connectivity index (χ3n) is 17.2. The molecule has 13 heteroatoms. The van der Waals surface area contributed by atoms with Gasteiger partial charge in [0.2, 0.25) is 5.78 Å². The molecule has 3 saturated carbocycles. The molecule has 7 aliphatic rings. The number of carbonyl (C=O) groups excluding carboxylic acids is 4. The van der Waals surface area contributed by atoms with Crippen molar-refractivity contribution in [3.63, 3.8) is 0 Å². The number of aliphatic hydroxyl groups is 4. The Bertz CT molecular complexity index is 2140. The quantitative estimate of drug-likeness (QED) is 0.0747. The van der Waals surface area contributed by atoms with Crippen LogP contribution in [0.3, 0.4) is 0 Å². The number of allylic oxidation sites excluding steroid dienone is 1. The fourth-order valence-corrected chi connectivity index (χ4v) is 14.2. The number of ether oxygens (including phenoxy) is 1. The number of phenolic OH excluding ortho intramolecular Hbond substituents is 1. The first-order valence-electron chi connectivity index (χ1n) is 23.1. The van der Waals surface area contributed by atoms with Crippen molar-refractivity contribution < 1.29 is 49.4 Å². The molecule has 0 heterocycles. The number of nitrogens with one attached hydrogen (secondary N) is 1. The highest BCUT2D eigenvalue weighted by Gasteiger charge is 2.67. The summed E-state index contributed by atoms with van der Waals surface area (Å²) in [4.78, 5) is 55.3. The highest BCUT2D eigenvalue weighted by atomic mass is 16.6. The zero-order valence-corrected chi connectivity index (χ0v) is 37.3. The van der Waals surface area contributed by atoms with Crippen molar-refractivity contribution >= 4 is 29.3 Å². The van der Waals surface area contributed by atoms with Crippen LogP contribution in [0.5, 0.6) is 5.75 Å². The number of rotatable bonds is 9. The number of hydrogen-bond donors (Lipinski definition) is 7. The topological polar surface area (TPSA) is 220 Å². The first kappa shape index (κ1) is 44.4. The maximum absolute atomic E-state index is 14.4. The van der Waals surface area contributed by atoms with Gasteiger partial charge < -0.3 is 36.0 Å². The van der Waals surface area contributed by atoms with E-state index >= 15 is 0 Å². The molecule has 338 valence electrons. The van der Waals surface area contributed by atoms with Gasteiger partial charge in [0.05, 0.1) is 29.3 Å².